The molecule has 1 aromatic carbocycles. The molecule has 0 aliphatic carbocycles. The van der Waals surface area contributed by atoms with Crippen molar-refractivity contribution in [3.8, 4) is 0 Å². The Hall–Kier alpha value is -1.22. The summed E-state index contributed by atoms with van der Waals surface area (Å²) < 4.78 is 46.6. The van der Waals surface area contributed by atoms with Gasteiger partial charge in [0.15, 0.2) is 0 Å². The number of sulfone groups is 1. The number of aryl methyl sites for hydroxylation is 1. The van der Waals surface area contributed by atoms with Gasteiger partial charge in [-0.1, -0.05) is 17.7 Å². The summed E-state index contributed by atoms with van der Waals surface area (Å²) >= 11 is 0.645. The maximum Gasteiger partial charge on any atom is 0.247 e. The molecule has 0 bridgehead atoms. The molecule has 0 amide bonds. The molecule has 0 saturated heterocycles. The Labute approximate surface area is 115 Å². The van der Waals surface area contributed by atoms with E-state index in [2.05, 4.69) is 0 Å². The Morgan fingerprint density at radius 1 is 0.895 bits per heavy atom. The first kappa shape index (κ1) is 14.2. The Balaban J connectivity index is 2.51. The lowest BCUT2D eigenvalue weighted by molar-refractivity contribution is 0.597. The monoisotopic (exact) mass is 317 g/mol. The fourth-order valence-electron chi connectivity index (χ4n) is 1.43. The zero-order chi connectivity index (χ0) is 14.3. The summed E-state index contributed by atoms with van der Waals surface area (Å²) in [6, 6.07) is 8.78. The van der Waals surface area contributed by atoms with Gasteiger partial charge in [-0.05, 0) is 31.2 Å². The van der Waals surface area contributed by atoms with Crippen LogP contribution in [0.25, 0.3) is 0 Å². The molecular weight excluding hydrogens is 306 g/mol. The third kappa shape index (κ3) is 2.86. The van der Waals surface area contributed by atoms with Crippen LogP contribution in [0, 0.1) is 6.92 Å². The van der Waals surface area contributed by atoms with E-state index < -0.39 is 19.9 Å². The van der Waals surface area contributed by atoms with Gasteiger partial charge in [0.05, 0.1) is 4.90 Å². The zero-order valence-electron chi connectivity index (χ0n) is 9.90. The second kappa shape index (κ2) is 4.71. The first-order valence-electron chi connectivity index (χ1n) is 5.16. The van der Waals surface area contributed by atoms with E-state index in [1.807, 2.05) is 6.92 Å². The maximum absolute atomic E-state index is 12.3. The van der Waals surface area contributed by atoms with Crippen LogP contribution in [0.2, 0.25) is 0 Å². The average Bonchev–Trinajstić information content (AvgIpc) is 2.79. The van der Waals surface area contributed by atoms with Crippen LogP contribution in [-0.4, -0.2) is 16.8 Å². The van der Waals surface area contributed by atoms with Gasteiger partial charge in [-0.25, -0.2) is 22.0 Å². The lowest BCUT2D eigenvalue weighted by Crippen LogP contribution is -2.09. The predicted molar refractivity (Wildman–Crippen MR) is 72.3 cm³/mol. The molecule has 5 nitrogen and oxygen atoms in total. The first-order valence-corrected chi connectivity index (χ1v) is 9.00. The maximum atomic E-state index is 12.3. The highest BCUT2D eigenvalue weighted by molar-refractivity contribution is 7.95. The fourth-order valence-corrected chi connectivity index (χ4v) is 5.03. The van der Waals surface area contributed by atoms with Gasteiger partial charge in [-0.15, -0.1) is 11.3 Å². The molecule has 2 rings (SSSR count). The minimum atomic E-state index is -3.88. The third-order valence-corrected chi connectivity index (χ3v) is 7.22. The fraction of sp³-hybridized carbons (Fsp3) is 0.0909. The minimum Gasteiger partial charge on any atom is -0.224 e. The van der Waals surface area contributed by atoms with Crippen LogP contribution in [0.4, 0.5) is 0 Å². The summed E-state index contributed by atoms with van der Waals surface area (Å²) in [7, 11) is -7.57. The minimum absolute atomic E-state index is 0.0413. The van der Waals surface area contributed by atoms with E-state index in [0.29, 0.717) is 11.3 Å². The third-order valence-electron chi connectivity index (χ3n) is 2.43. The van der Waals surface area contributed by atoms with Crippen molar-refractivity contribution in [2.24, 2.45) is 5.14 Å². The van der Waals surface area contributed by atoms with Gasteiger partial charge in [-0.3, -0.25) is 0 Å². The van der Waals surface area contributed by atoms with Crippen LogP contribution < -0.4 is 5.14 Å². The molecular formula is C11H11NO4S3. The van der Waals surface area contributed by atoms with Crippen molar-refractivity contribution in [2.45, 2.75) is 20.2 Å². The molecule has 1 heterocycles. The van der Waals surface area contributed by atoms with Crippen LogP contribution in [0.5, 0.6) is 0 Å². The van der Waals surface area contributed by atoms with Crippen LogP contribution in [-0.2, 0) is 19.9 Å². The van der Waals surface area contributed by atoms with E-state index in [4.69, 9.17) is 5.14 Å². The van der Waals surface area contributed by atoms with E-state index in [9.17, 15) is 16.8 Å². The van der Waals surface area contributed by atoms with Crippen LogP contribution >= 0.6 is 11.3 Å². The van der Waals surface area contributed by atoms with Gasteiger partial charge >= 0.3 is 0 Å². The standard InChI is InChI=1S/C11H11NO4S3/c1-8-2-4-9(5-3-8)18(13,14)10-6-7-11(17-10)19(12,15)16/h2-7H,1H3,(H2,12,15,16). The zero-order valence-corrected chi connectivity index (χ0v) is 12.3. The molecule has 0 aliphatic rings. The second-order valence-corrected chi connectivity index (χ2v) is 8.98. The lowest BCUT2D eigenvalue weighted by atomic mass is 10.2. The molecule has 19 heavy (non-hydrogen) atoms. The van der Waals surface area contributed by atoms with Gasteiger partial charge in [0, 0.05) is 0 Å². The van der Waals surface area contributed by atoms with Crippen LogP contribution in [0.1, 0.15) is 5.56 Å². The van der Waals surface area contributed by atoms with Crippen molar-refractivity contribution in [3.63, 3.8) is 0 Å². The number of thiophene rings is 1. The summed E-state index contributed by atoms with van der Waals surface area (Å²) in [6.45, 7) is 1.85. The van der Waals surface area contributed by atoms with E-state index in [0.717, 1.165) is 5.56 Å². The Morgan fingerprint density at radius 3 is 1.89 bits per heavy atom. The summed E-state index contributed by atoms with van der Waals surface area (Å²) in [5.41, 5.74) is 0.940. The molecule has 0 radical (unpaired) electrons. The van der Waals surface area contributed by atoms with Gasteiger partial charge in [0.1, 0.15) is 8.42 Å². The number of benzene rings is 1. The highest BCUT2D eigenvalue weighted by Gasteiger charge is 2.22. The van der Waals surface area contributed by atoms with E-state index >= 15 is 0 Å². The predicted octanol–water partition coefficient (Wildman–Crippen LogP) is 1.54. The summed E-state index contributed by atoms with van der Waals surface area (Å²) in [4.78, 5) is 0.126. The van der Waals surface area contributed by atoms with Crippen molar-refractivity contribution in [2.75, 3.05) is 0 Å². The number of nitrogens with two attached hydrogens (primary N) is 1. The molecule has 2 aromatic rings. The molecule has 1 aromatic heterocycles. The molecule has 2 N–H and O–H groups in total. The van der Waals surface area contributed by atoms with Crippen molar-refractivity contribution in [1.82, 2.24) is 0 Å². The van der Waals surface area contributed by atoms with Crippen LogP contribution in [0.3, 0.4) is 0 Å². The largest absolute Gasteiger partial charge is 0.247 e. The molecule has 0 saturated carbocycles. The van der Waals surface area contributed by atoms with E-state index in [-0.39, 0.29) is 13.3 Å². The highest BCUT2D eigenvalue weighted by Crippen LogP contribution is 2.29. The van der Waals surface area contributed by atoms with E-state index in [1.54, 1.807) is 12.1 Å². The second-order valence-electron chi connectivity index (χ2n) is 3.93. The Morgan fingerprint density at radius 2 is 1.42 bits per heavy atom. The van der Waals surface area contributed by atoms with Crippen LogP contribution in [0.15, 0.2) is 49.7 Å². The van der Waals surface area contributed by atoms with Gasteiger partial charge < -0.3 is 0 Å². The number of sulfonamides is 1. The molecule has 8 heteroatoms. The van der Waals surface area contributed by atoms with Crippen molar-refractivity contribution in [1.29, 1.82) is 0 Å². The van der Waals surface area contributed by atoms with E-state index in [1.165, 1.54) is 24.3 Å². The molecule has 0 aliphatic heterocycles. The summed E-state index contributed by atoms with van der Waals surface area (Å²) in [6.07, 6.45) is 0. The van der Waals surface area contributed by atoms with Crippen molar-refractivity contribution in [3.05, 3.63) is 42.0 Å². The lowest BCUT2D eigenvalue weighted by Gasteiger charge is -2.01. The molecule has 102 valence electrons. The molecule has 0 atom stereocenters. The molecule has 0 spiro atoms. The Kier molecular flexibility index (Phi) is 3.52. The topological polar surface area (TPSA) is 94.3 Å². The van der Waals surface area contributed by atoms with Gasteiger partial charge in [0.25, 0.3) is 0 Å². The van der Waals surface area contributed by atoms with Crippen molar-refractivity contribution >= 4 is 31.2 Å². The summed E-state index contributed by atoms with van der Waals surface area (Å²) in [5, 5.41) is 4.96. The molecule has 0 fully saturated rings. The molecule has 0 unspecified atom stereocenters. The number of hydrogen-bond acceptors (Lipinski definition) is 5. The average molecular weight is 317 g/mol. The smallest absolute Gasteiger partial charge is 0.224 e. The normalized spacial score (nSPS) is 12.5. The highest BCUT2D eigenvalue weighted by atomic mass is 32.3. The summed E-state index contributed by atoms with van der Waals surface area (Å²) in [5.74, 6) is 0. The number of rotatable bonds is 3. The van der Waals surface area contributed by atoms with Crippen molar-refractivity contribution < 1.29 is 16.8 Å². The number of hydrogen-bond donors (Lipinski definition) is 1. The SMILES string of the molecule is Cc1ccc(S(=O)(=O)c2ccc(S(N)(=O)=O)s2)cc1. The Bertz CT molecular complexity index is 802. The van der Waals surface area contributed by atoms with Gasteiger partial charge in [0.2, 0.25) is 19.9 Å². The quantitative estimate of drug-likeness (QED) is 0.929. The number of primary sulfonamides is 1. The first-order chi connectivity index (χ1) is 8.71. The van der Waals surface area contributed by atoms with Gasteiger partial charge in [-0.2, -0.15) is 0 Å².